The molecule has 0 amide bonds. The van der Waals surface area contributed by atoms with Gasteiger partial charge in [-0.25, -0.2) is 9.97 Å². The van der Waals surface area contributed by atoms with Crippen LogP contribution in [0, 0.1) is 0 Å². The second kappa shape index (κ2) is 14.5. The predicted octanol–water partition coefficient (Wildman–Crippen LogP) is 14.9. The number of benzene rings is 9. The standard InChI is InChI=1S/C59H38N2O/c1-4-18-39(19-5-1)53-38-54(40-20-6-2-7-21-40)61-58(60-53)44-25-16-24-42(36-44)45-28-17-29-46(57(45)41-22-8-3-9-23-41)43-34-35-56-52(37-43)59(51-32-14-15-33-55(51)62-56)49-30-12-10-26-47(49)48-27-11-13-31-50(48)59/h1-38H. The third-order valence-electron chi connectivity index (χ3n) is 12.6. The molecule has 1 spiro atoms. The highest BCUT2D eigenvalue weighted by atomic mass is 16.5. The normalized spacial score (nSPS) is 12.8. The second-order valence-electron chi connectivity index (χ2n) is 16.0. The maximum Gasteiger partial charge on any atom is 0.160 e. The smallest absolute Gasteiger partial charge is 0.160 e. The molecule has 3 heteroatoms. The molecule has 290 valence electrons. The molecule has 1 aliphatic carbocycles. The molecule has 0 bridgehead atoms. The zero-order valence-electron chi connectivity index (χ0n) is 33.7. The minimum atomic E-state index is -0.556. The van der Waals surface area contributed by atoms with Gasteiger partial charge in [-0.3, -0.25) is 0 Å². The van der Waals surface area contributed by atoms with Crippen molar-refractivity contribution in [3.63, 3.8) is 0 Å². The molecule has 12 rings (SSSR count). The van der Waals surface area contributed by atoms with Crippen molar-refractivity contribution >= 4 is 0 Å². The van der Waals surface area contributed by atoms with E-state index in [9.17, 15) is 0 Å². The van der Waals surface area contributed by atoms with E-state index in [1.807, 2.05) is 12.1 Å². The van der Waals surface area contributed by atoms with Crippen LogP contribution in [0.4, 0.5) is 0 Å². The summed E-state index contributed by atoms with van der Waals surface area (Å²) in [5, 5.41) is 0. The summed E-state index contributed by atoms with van der Waals surface area (Å²) in [5.41, 5.74) is 18.4. The van der Waals surface area contributed by atoms with E-state index in [1.165, 1.54) is 22.3 Å². The highest BCUT2D eigenvalue weighted by molar-refractivity contribution is 5.96. The molecular weight excluding hydrogens is 753 g/mol. The summed E-state index contributed by atoms with van der Waals surface area (Å²) in [6.07, 6.45) is 0. The summed E-state index contributed by atoms with van der Waals surface area (Å²) >= 11 is 0. The molecule has 0 saturated carbocycles. The molecule has 0 unspecified atom stereocenters. The zero-order valence-corrected chi connectivity index (χ0v) is 33.7. The molecule has 0 N–H and O–H groups in total. The number of fused-ring (bicyclic) bond motifs is 9. The molecule has 0 saturated heterocycles. The minimum Gasteiger partial charge on any atom is -0.457 e. The van der Waals surface area contributed by atoms with Crippen LogP contribution in [0.5, 0.6) is 11.5 Å². The van der Waals surface area contributed by atoms with Crippen molar-refractivity contribution in [2.45, 2.75) is 5.41 Å². The lowest BCUT2D eigenvalue weighted by Crippen LogP contribution is -2.32. The van der Waals surface area contributed by atoms with E-state index >= 15 is 0 Å². The summed E-state index contributed by atoms with van der Waals surface area (Å²) < 4.78 is 6.81. The SMILES string of the molecule is c1ccc(-c2cc(-c3ccccc3)nc(-c3cccc(-c4cccc(-c5ccc6c(c5)C5(c7ccccc7O6)c6ccccc6-c6ccccc65)c4-c4ccccc4)c3)n2)cc1. The first-order chi connectivity index (χ1) is 30.7. The molecule has 0 radical (unpaired) electrons. The van der Waals surface area contributed by atoms with Crippen molar-refractivity contribution in [1.82, 2.24) is 9.97 Å². The highest BCUT2D eigenvalue weighted by Crippen LogP contribution is 2.62. The lowest BCUT2D eigenvalue weighted by molar-refractivity contribution is 0.436. The number of aromatic nitrogens is 2. The number of hydrogen-bond donors (Lipinski definition) is 0. The Morgan fingerprint density at radius 1 is 0.290 bits per heavy atom. The molecule has 9 aromatic carbocycles. The van der Waals surface area contributed by atoms with E-state index in [2.05, 4.69) is 218 Å². The highest BCUT2D eigenvalue weighted by Gasteiger charge is 2.51. The average molecular weight is 791 g/mol. The predicted molar refractivity (Wildman–Crippen MR) is 252 cm³/mol. The monoisotopic (exact) mass is 790 g/mol. The molecule has 0 fully saturated rings. The third kappa shape index (κ3) is 5.67. The zero-order chi connectivity index (χ0) is 41.0. The average Bonchev–Trinajstić information content (AvgIpc) is 3.65. The van der Waals surface area contributed by atoms with Crippen molar-refractivity contribution in [2.75, 3.05) is 0 Å². The Bertz CT molecular complexity index is 3220. The van der Waals surface area contributed by atoms with Crippen molar-refractivity contribution in [2.24, 2.45) is 0 Å². The Kier molecular flexibility index (Phi) is 8.39. The van der Waals surface area contributed by atoms with Crippen molar-refractivity contribution < 1.29 is 4.74 Å². The van der Waals surface area contributed by atoms with Crippen LogP contribution in [0.1, 0.15) is 22.3 Å². The fourth-order valence-electron chi connectivity index (χ4n) is 9.89. The van der Waals surface area contributed by atoms with E-state index in [0.717, 1.165) is 84.1 Å². The van der Waals surface area contributed by atoms with Gasteiger partial charge >= 0.3 is 0 Å². The van der Waals surface area contributed by atoms with Crippen LogP contribution < -0.4 is 4.74 Å². The fourth-order valence-corrected chi connectivity index (χ4v) is 9.89. The first-order valence-corrected chi connectivity index (χ1v) is 21.1. The number of nitrogens with zero attached hydrogens (tertiary/aromatic N) is 2. The van der Waals surface area contributed by atoms with Crippen LogP contribution in [0.25, 0.3) is 78.4 Å². The van der Waals surface area contributed by atoms with Gasteiger partial charge in [0.05, 0.1) is 16.8 Å². The topological polar surface area (TPSA) is 35.0 Å². The Morgan fingerprint density at radius 2 is 0.742 bits per heavy atom. The van der Waals surface area contributed by atoms with Gasteiger partial charge in [0, 0.05) is 27.8 Å². The van der Waals surface area contributed by atoms with E-state index in [1.54, 1.807) is 0 Å². The maximum atomic E-state index is 6.81. The fraction of sp³-hybridized carbons (Fsp3) is 0.0169. The Morgan fingerprint density at radius 3 is 1.37 bits per heavy atom. The molecule has 1 aromatic heterocycles. The number of ether oxygens (including phenoxy) is 1. The molecule has 2 heterocycles. The van der Waals surface area contributed by atoms with Crippen LogP contribution in [-0.2, 0) is 5.41 Å². The van der Waals surface area contributed by atoms with Crippen LogP contribution in [0.15, 0.2) is 231 Å². The maximum absolute atomic E-state index is 6.81. The Labute approximate surface area is 361 Å². The number of rotatable bonds is 6. The first-order valence-electron chi connectivity index (χ1n) is 21.1. The van der Waals surface area contributed by atoms with E-state index in [0.29, 0.717) is 5.82 Å². The van der Waals surface area contributed by atoms with Crippen molar-refractivity contribution in [1.29, 1.82) is 0 Å². The van der Waals surface area contributed by atoms with Crippen molar-refractivity contribution in [3.05, 3.63) is 253 Å². The largest absolute Gasteiger partial charge is 0.457 e. The van der Waals surface area contributed by atoms with Crippen molar-refractivity contribution in [3.8, 4) is 89.9 Å². The summed E-state index contributed by atoms with van der Waals surface area (Å²) in [5.74, 6) is 2.44. The van der Waals surface area contributed by atoms with Crippen LogP contribution in [0.2, 0.25) is 0 Å². The molecule has 10 aromatic rings. The Balaban J connectivity index is 1.05. The van der Waals surface area contributed by atoms with Crippen LogP contribution in [-0.4, -0.2) is 9.97 Å². The molecule has 62 heavy (non-hydrogen) atoms. The summed E-state index contributed by atoms with van der Waals surface area (Å²) in [6.45, 7) is 0. The van der Waals surface area contributed by atoms with E-state index in [-0.39, 0.29) is 0 Å². The summed E-state index contributed by atoms with van der Waals surface area (Å²) in [6, 6.07) is 82.1. The lowest BCUT2D eigenvalue weighted by atomic mass is 9.65. The van der Waals surface area contributed by atoms with Gasteiger partial charge in [-0.05, 0) is 86.0 Å². The van der Waals surface area contributed by atoms with Crippen LogP contribution in [0.3, 0.4) is 0 Å². The molecule has 3 nitrogen and oxygen atoms in total. The molecule has 1 aliphatic heterocycles. The number of para-hydroxylation sites is 1. The summed E-state index contributed by atoms with van der Waals surface area (Å²) in [7, 11) is 0. The van der Waals surface area contributed by atoms with E-state index < -0.39 is 5.41 Å². The van der Waals surface area contributed by atoms with E-state index in [4.69, 9.17) is 14.7 Å². The van der Waals surface area contributed by atoms with Gasteiger partial charge < -0.3 is 4.74 Å². The van der Waals surface area contributed by atoms with Gasteiger partial charge in [-0.15, -0.1) is 0 Å². The van der Waals surface area contributed by atoms with Gasteiger partial charge in [0.25, 0.3) is 0 Å². The van der Waals surface area contributed by atoms with Gasteiger partial charge in [-0.1, -0.05) is 200 Å². The van der Waals surface area contributed by atoms with Gasteiger partial charge in [-0.2, -0.15) is 0 Å². The van der Waals surface area contributed by atoms with Gasteiger partial charge in [0.15, 0.2) is 5.82 Å². The number of hydrogen-bond acceptors (Lipinski definition) is 3. The van der Waals surface area contributed by atoms with Crippen LogP contribution >= 0.6 is 0 Å². The van der Waals surface area contributed by atoms with Gasteiger partial charge in [0.2, 0.25) is 0 Å². The molecule has 2 aliphatic rings. The summed E-state index contributed by atoms with van der Waals surface area (Å²) in [4.78, 5) is 10.4. The minimum absolute atomic E-state index is 0.556. The third-order valence-corrected chi connectivity index (χ3v) is 12.6. The van der Waals surface area contributed by atoms with Gasteiger partial charge in [0.1, 0.15) is 11.5 Å². The quantitative estimate of drug-likeness (QED) is 0.168. The first kappa shape index (κ1) is 35.8. The second-order valence-corrected chi connectivity index (χ2v) is 16.0. The lowest BCUT2D eigenvalue weighted by Gasteiger charge is -2.39. The Hall–Kier alpha value is -8.14. The molecule has 0 atom stereocenters. The molecular formula is C59H38N2O.